The molecule has 0 aliphatic rings. The predicted octanol–water partition coefficient (Wildman–Crippen LogP) is 4.08. The number of methoxy groups -OCH3 is 1. The van der Waals surface area contributed by atoms with E-state index in [1.807, 2.05) is 24.3 Å². The van der Waals surface area contributed by atoms with Gasteiger partial charge in [-0.15, -0.1) is 0 Å². The van der Waals surface area contributed by atoms with Crippen LogP contribution in [0.2, 0.25) is 0 Å². The van der Waals surface area contributed by atoms with E-state index in [-0.39, 0.29) is 5.57 Å². The summed E-state index contributed by atoms with van der Waals surface area (Å²) >= 11 is 3.37. The summed E-state index contributed by atoms with van der Waals surface area (Å²) in [6.45, 7) is 0. The smallest absolute Gasteiger partial charge is 0.336 e. The van der Waals surface area contributed by atoms with Gasteiger partial charge in [0, 0.05) is 10.0 Å². The third-order valence-corrected chi connectivity index (χ3v) is 3.28. The summed E-state index contributed by atoms with van der Waals surface area (Å²) in [4.78, 5) is 11.5. The van der Waals surface area contributed by atoms with Gasteiger partial charge < -0.3 is 9.84 Å². The molecule has 0 amide bonds. The molecule has 0 atom stereocenters. The van der Waals surface area contributed by atoms with Gasteiger partial charge in [-0.2, -0.15) is 0 Å². The molecule has 2 rings (SSSR count). The number of aliphatic carboxylic acids is 1. The van der Waals surface area contributed by atoms with Crippen molar-refractivity contribution in [2.24, 2.45) is 0 Å². The maximum atomic E-state index is 11.5. The van der Waals surface area contributed by atoms with Crippen molar-refractivity contribution in [2.45, 2.75) is 0 Å². The normalized spacial score (nSPS) is 11.2. The number of rotatable bonds is 4. The molecule has 4 heteroatoms. The number of hydrogen-bond acceptors (Lipinski definition) is 2. The summed E-state index contributed by atoms with van der Waals surface area (Å²) in [7, 11) is 1.53. The molecule has 102 valence electrons. The minimum Gasteiger partial charge on any atom is -0.496 e. The molecule has 0 saturated carbocycles. The molecule has 1 N–H and O–H groups in total. The third-order valence-electron chi connectivity index (χ3n) is 2.79. The molecule has 0 fully saturated rings. The van der Waals surface area contributed by atoms with Crippen LogP contribution >= 0.6 is 15.9 Å². The van der Waals surface area contributed by atoms with Crippen LogP contribution in [0.3, 0.4) is 0 Å². The van der Waals surface area contributed by atoms with Gasteiger partial charge in [-0.1, -0.05) is 46.3 Å². The lowest BCUT2D eigenvalue weighted by atomic mass is 10.0. The van der Waals surface area contributed by atoms with Gasteiger partial charge >= 0.3 is 5.97 Å². The number of para-hydroxylation sites is 1. The molecule has 2 aromatic carbocycles. The monoisotopic (exact) mass is 332 g/mol. The zero-order chi connectivity index (χ0) is 14.5. The molecule has 3 nitrogen and oxygen atoms in total. The molecule has 0 aliphatic carbocycles. The van der Waals surface area contributed by atoms with E-state index >= 15 is 0 Å². The van der Waals surface area contributed by atoms with E-state index in [0.29, 0.717) is 11.3 Å². The van der Waals surface area contributed by atoms with Gasteiger partial charge in [0.1, 0.15) is 5.75 Å². The second-order valence-corrected chi connectivity index (χ2v) is 5.03. The molecule has 0 spiro atoms. The highest BCUT2D eigenvalue weighted by atomic mass is 79.9. The first-order valence-electron chi connectivity index (χ1n) is 5.96. The van der Waals surface area contributed by atoms with E-state index in [9.17, 15) is 9.90 Å². The molecule has 20 heavy (non-hydrogen) atoms. The largest absolute Gasteiger partial charge is 0.496 e. The van der Waals surface area contributed by atoms with Gasteiger partial charge in [0.05, 0.1) is 12.7 Å². The Morgan fingerprint density at radius 1 is 1.20 bits per heavy atom. The van der Waals surface area contributed by atoms with Crippen molar-refractivity contribution in [3.05, 3.63) is 64.1 Å². The second-order valence-electron chi connectivity index (χ2n) is 4.12. The summed E-state index contributed by atoms with van der Waals surface area (Å²) in [5.74, 6) is -0.453. The number of hydrogen-bond donors (Lipinski definition) is 1. The van der Waals surface area contributed by atoms with Crippen LogP contribution in [0.4, 0.5) is 0 Å². The summed E-state index contributed by atoms with van der Waals surface area (Å²) < 4.78 is 6.12. The standard InChI is InChI=1S/C16H13BrO3/c1-20-15-8-3-2-7-13(15)14(16(18)19)10-11-5-4-6-12(17)9-11/h2-10H,1H3,(H,18,19)/b14-10-. The van der Waals surface area contributed by atoms with Crippen molar-refractivity contribution in [1.29, 1.82) is 0 Å². The van der Waals surface area contributed by atoms with Crippen molar-refractivity contribution >= 4 is 33.5 Å². The van der Waals surface area contributed by atoms with E-state index in [0.717, 1.165) is 10.0 Å². The first kappa shape index (κ1) is 14.3. The molecule has 0 aliphatic heterocycles. The number of carbonyl (C=O) groups is 1. The van der Waals surface area contributed by atoms with Crippen LogP contribution in [0.15, 0.2) is 53.0 Å². The summed E-state index contributed by atoms with van der Waals surface area (Å²) in [6, 6.07) is 14.5. The average molecular weight is 333 g/mol. The Labute approximate surface area is 125 Å². The predicted molar refractivity (Wildman–Crippen MR) is 82.6 cm³/mol. The minimum absolute atomic E-state index is 0.195. The number of halogens is 1. The molecule has 0 radical (unpaired) electrons. The zero-order valence-electron chi connectivity index (χ0n) is 10.8. The highest BCUT2D eigenvalue weighted by Crippen LogP contribution is 2.28. The average Bonchev–Trinajstić information content (AvgIpc) is 2.44. The van der Waals surface area contributed by atoms with Crippen LogP contribution in [0.1, 0.15) is 11.1 Å². The molecule has 0 aromatic heterocycles. The summed E-state index contributed by atoms with van der Waals surface area (Å²) in [5, 5.41) is 9.44. The fourth-order valence-electron chi connectivity index (χ4n) is 1.88. The lowest BCUT2D eigenvalue weighted by molar-refractivity contribution is -0.130. The molecule has 0 saturated heterocycles. The number of benzene rings is 2. The van der Waals surface area contributed by atoms with Crippen LogP contribution in [0.25, 0.3) is 11.6 Å². The zero-order valence-corrected chi connectivity index (χ0v) is 12.4. The van der Waals surface area contributed by atoms with Crippen LogP contribution < -0.4 is 4.74 Å². The highest BCUT2D eigenvalue weighted by molar-refractivity contribution is 9.10. The van der Waals surface area contributed by atoms with Crippen molar-refractivity contribution < 1.29 is 14.6 Å². The number of carboxylic acids is 1. The Bertz CT molecular complexity index is 662. The van der Waals surface area contributed by atoms with Crippen molar-refractivity contribution in [2.75, 3.05) is 7.11 Å². The number of ether oxygens (including phenoxy) is 1. The van der Waals surface area contributed by atoms with Crippen molar-refractivity contribution in [3.63, 3.8) is 0 Å². The van der Waals surface area contributed by atoms with Crippen LogP contribution in [-0.2, 0) is 4.79 Å². The Kier molecular flexibility index (Phi) is 4.58. The summed E-state index contributed by atoms with van der Waals surface area (Å²) in [6.07, 6.45) is 1.63. The van der Waals surface area contributed by atoms with Gasteiger partial charge in [0.2, 0.25) is 0 Å². The van der Waals surface area contributed by atoms with Crippen LogP contribution in [0.5, 0.6) is 5.75 Å². The summed E-state index contributed by atoms with van der Waals surface area (Å²) in [5.41, 5.74) is 1.56. The number of carboxylic acid groups (broad SMARTS) is 1. The fourth-order valence-corrected chi connectivity index (χ4v) is 2.30. The van der Waals surface area contributed by atoms with E-state index < -0.39 is 5.97 Å². The SMILES string of the molecule is COc1ccccc1/C(=C/c1cccc(Br)c1)C(=O)O. The molecular formula is C16H13BrO3. The van der Waals surface area contributed by atoms with Gasteiger partial charge in [0.15, 0.2) is 0 Å². The molecule has 0 bridgehead atoms. The second kappa shape index (κ2) is 6.39. The van der Waals surface area contributed by atoms with Crippen LogP contribution in [0, 0.1) is 0 Å². The molecular weight excluding hydrogens is 320 g/mol. The van der Waals surface area contributed by atoms with Gasteiger partial charge in [0.25, 0.3) is 0 Å². The fraction of sp³-hybridized carbons (Fsp3) is 0.0625. The first-order valence-corrected chi connectivity index (χ1v) is 6.75. The topological polar surface area (TPSA) is 46.5 Å². The maximum Gasteiger partial charge on any atom is 0.336 e. The maximum absolute atomic E-state index is 11.5. The third kappa shape index (κ3) is 3.27. The lowest BCUT2D eigenvalue weighted by Crippen LogP contribution is -2.01. The minimum atomic E-state index is -0.991. The lowest BCUT2D eigenvalue weighted by Gasteiger charge is -2.09. The Hall–Kier alpha value is -2.07. The van der Waals surface area contributed by atoms with Crippen LogP contribution in [-0.4, -0.2) is 18.2 Å². The first-order chi connectivity index (χ1) is 9.61. The van der Waals surface area contributed by atoms with E-state index in [1.165, 1.54) is 7.11 Å². The van der Waals surface area contributed by atoms with Gasteiger partial charge in [-0.05, 0) is 29.8 Å². The Morgan fingerprint density at radius 2 is 1.95 bits per heavy atom. The van der Waals surface area contributed by atoms with E-state index in [4.69, 9.17) is 4.74 Å². The van der Waals surface area contributed by atoms with E-state index in [2.05, 4.69) is 15.9 Å². The van der Waals surface area contributed by atoms with Gasteiger partial charge in [-0.25, -0.2) is 4.79 Å². The van der Waals surface area contributed by atoms with E-state index in [1.54, 1.807) is 30.3 Å². The molecule has 2 aromatic rings. The molecule has 0 heterocycles. The Morgan fingerprint density at radius 3 is 2.60 bits per heavy atom. The van der Waals surface area contributed by atoms with Gasteiger partial charge in [-0.3, -0.25) is 0 Å². The van der Waals surface area contributed by atoms with Crippen molar-refractivity contribution in [3.8, 4) is 5.75 Å². The van der Waals surface area contributed by atoms with Crippen molar-refractivity contribution in [1.82, 2.24) is 0 Å². The Balaban J connectivity index is 2.54. The molecule has 0 unspecified atom stereocenters. The highest BCUT2D eigenvalue weighted by Gasteiger charge is 2.14. The quantitative estimate of drug-likeness (QED) is 0.677.